The summed E-state index contributed by atoms with van der Waals surface area (Å²) < 4.78 is 2.76. The summed E-state index contributed by atoms with van der Waals surface area (Å²) in [6.45, 7) is 4.54. The highest BCUT2D eigenvalue weighted by molar-refractivity contribution is 7.26. The van der Waals surface area contributed by atoms with E-state index in [9.17, 15) is 0 Å². The Bertz CT molecular complexity index is 1770. The zero-order chi connectivity index (χ0) is 25.6. The molecule has 0 atom stereocenters. The molecule has 0 spiro atoms. The number of rotatable bonds is 8. The Morgan fingerprint density at radius 1 is 0.474 bits per heavy atom. The summed E-state index contributed by atoms with van der Waals surface area (Å²) in [5.74, 6) is 0. The molecule has 0 aliphatic heterocycles. The van der Waals surface area contributed by atoms with Gasteiger partial charge < -0.3 is 0 Å². The molecule has 0 fully saturated rings. The van der Waals surface area contributed by atoms with Crippen molar-refractivity contribution in [1.29, 1.82) is 0 Å². The summed E-state index contributed by atoms with van der Waals surface area (Å²) in [7, 11) is 0. The third-order valence-corrected chi connectivity index (χ3v) is 12.2. The number of fused-ring (bicyclic) bond motifs is 7. The van der Waals surface area contributed by atoms with E-state index in [1.54, 1.807) is 0 Å². The van der Waals surface area contributed by atoms with Gasteiger partial charge in [-0.15, -0.1) is 45.3 Å². The summed E-state index contributed by atoms with van der Waals surface area (Å²) in [6.07, 6.45) is 7.43. The van der Waals surface area contributed by atoms with Gasteiger partial charge in [-0.1, -0.05) is 51.0 Å². The van der Waals surface area contributed by atoms with Crippen LogP contribution in [0.15, 0.2) is 71.4 Å². The number of thiophene rings is 4. The molecule has 0 bridgehead atoms. The number of benzene rings is 3. The predicted molar refractivity (Wildman–Crippen MR) is 176 cm³/mol. The molecule has 190 valence electrons. The molecular formula is C34H30S4. The summed E-state index contributed by atoms with van der Waals surface area (Å²) in [4.78, 5) is 5.61. The molecule has 0 aliphatic rings. The van der Waals surface area contributed by atoms with E-state index in [2.05, 4.69) is 85.3 Å². The zero-order valence-corrected chi connectivity index (χ0v) is 25.1. The van der Waals surface area contributed by atoms with Crippen molar-refractivity contribution in [2.75, 3.05) is 0 Å². The van der Waals surface area contributed by atoms with Gasteiger partial charge in [0.2, 0.25) is 0 Å². The minimum absolute atomic E-state index is 1.19. The van der Waals surface area contributed by atoms with Crippen molar-refractivity contribution in [2.45, 2.75) is 52.4 Å². The van der Waals surface area contributed by atoms with Gasteiger partial charge in [0, 0.05) is 39.7 Å². The van der Waals surface area contributed by atoms with Crippen LogP contribution in [0, 0.1) is 0 Å². The Kier molecular flexibility index (Phi) is 6.61. The summed E-state index contributed by atoms with van der Waals surface area (Å²) in [6, 6.07) is 23.8. The van der Waals surface area contributed by atoms with Crippen LogP contribution in [0.5, 0.6) is 0 Å². The van der Waals surface area contributed by atoms with Crippen LogP contribution in [0.1, 0.15) is 50.7 Å². The van der Waals surface area contributed by atoms with Crippen LogP contribution in [0.2, 0.25) is 0 Å². The van der Waals surface area contributed by atoms with Crippen molar-refractivity contribution in [3.8, 4) is 19.5 Å². The van der Waals surface area contributed by atoms with Crippen molar-refractivity contribution in [3.05, 3.63) is 82.6 Å². The van der Waals surface area contributed by atoms with Gasteiger partial charge in [0.15, 0.2) is 0 Å². The van der Waals surface area contributed by atoms with Crippen molar-refractivity contribution in [3.63, 3.8) is 0 Å². The van der Waals surface area contributed by atoms with Crippen molar-refractivity contribution in [1.82, 2.24) is 0 Å². The molecule has 4 aromatic heterocycles. The molecule has 7 rings (SSSR count). The van der Waals surface area contributed by atoms with E-state index in [4.69, 9.17) is 0 Å². The summed E-state index contributed by atoms with van der Waals surface area (Å²) in [5.41, 5.74) is 2.97. The molecule has 0 saturated heterocycles. The Balaban J connectivity index is 1.30. The van der Waals surface area contributed by atoms with Gasteiger partial charge in [-0.05, 0) is 106 Å². The molecule has 0 amide bonds. The molecule has 4 heterocycles. The maximum absolute atomic E-state index is 2.43. The van der Waals surface area contributed by atoms with E-state index in [0.29, 0.717) is 0 Å². The molecule has 0 nitrogen and oxygen atoms in total. The first kappa shape index (κ1) is 24.5. The molecule has 0 unspecified atom stereocenters. The van der Waals surface area contributed by atoms with E-state index >= 15 is 0 Å². The first-order valence-corrected chi connectivity index (χ1v) is 17.1. The number of unbranched alkanes of at least 4 members (excludes halogenated alkanes) is 2. The third kappa shape index (κ3) is 4.32. The first-order chi connectivity index (χ1) is 18.7. The number of aryl methyl sites for hydroxylation is 2. The molecule has 0 N–H and O–H groups in total. The quantitative estimate of drug-likeness (QED) is 0.160. The fourth-order valence-electron chi connectivity index (χ4n) is 5.54. The van der Waals surface area contributed by atoms with Gasteiger partial charge in [0.25, 0.3) is 0 Å². The van der Waals surface area contributed by atoms with Crippen LogP contribution >= 0.6 is 45.3 Å². The topological polar surface area (TPSA) is 0 Å². The highest BCUT2D eigenvalue weighted by Crippen LogP contribution is 2.44. The summed E-state index contributed by atoms with van der Waals surface area (Å²) >= 11 is 7.65. The van der Waals surface area contributed by atoms with Crippen molar-refractivity contribution in [2.24, 2.45) is 0 Å². The highest BCUT2D eigenvalue weighted by Gasteiger charge is 2.14. The Morgan fingerprint density at radius 2 is 0.895 bits per heavy atom. The van der Waals surface area contributed by atoms with Gasteiger partial charge in [-0.25, -0.2) is 0 Å². The lowest BCUT2D eigenvalue weighted by molar-refractivity contribution is 0.797. The van der Waals surface area contributed by atoms with E-state index in [0.717, 1.165) is 0 Å². The van der Waals surface area contributed by atoms with Crippen LogP contribution in [-0.4, -0.2) is 0 Å². The normalized spacial score (nSPS) is 12.1. The standard InChI is InChI=1S/C34H30S4/c1-3-5-7-21-15-31(35-19-21)33-17-27-25-9-10-26-24(23(25)11-13-29(27)37-33)12-14-30-28(26)18-34(38-30)32-16-22(20-36-32)8-6-4-2/h9-20H,3-8H2,1-2H3. The smallest absolute Gasteiger partial charge is 0.0455 e. The Morgan fingerprint density at radius 3 is 1.34 bits per heavy atom. The molecule has 0 aliphatic carbocycles. The second-order valence-corrected chi connectivity index (χ2v) is 14.3. The van der Waals surface area contributed by atoms with Crippen molar-refractivity contribution >= 4 is 87.1 Å². The lowest BCUT2D eigenvalue weighted by Crippen LogP contribution is -1.79. The van der Waals surface area contributed by atoms with E-state index in [1.807, 2.05) is 45.3 Å². The SMILES string of the molecule is CCCCc1csc(-c2cc3c(ccc4c3ccc3c5cc(-c6cc(CCCC)cs6)sc5ccc34)s2)c1. The monoisotopic (exact) mass is 566 g/mol. The Hall–Kier alpha value is -2.50. The molecule has 4 heteroatoms. The fourth-order valence-corrected chi connectivity index (χ4v) is 9.77. The molecular weight excluding hydrogens is 537 g/mol. The maximum atomic E-state index is 2.43. The first-order valence-electron chi connectivity index (χ1n) is 13.7. The van der Waals surface area contributed by atoms with Gasteiger partial charge in [-0.3, -0.25) is 0 Å². The van der Waals surface area contributed by atoms with E-state index in [1.165, 1.54) is 111 Å². The van der Waals surface area contributed by atoms with Crippen LogP contribution in [0.25, 0.3) is 61.2 Å². The van der Waals surface area contributed by atoms with Gasteiger partial charge >= 0.3 is 0 Å². The van der Waals surface area contributed by atoms with E-state index < -0.39 is 0 Å². The maximum Gasteiger partial charge on any atom is 0.0455 e. The lowest BCUT2D eigenvalue weighted by atomic mass is 9.98. The molecule has 38 heavy (non-hydrogen) atoms. The second kappa shape index (κ2) is 10.2. The average molecular weight is 567 g/mol. The zero-order valence-electron chi connectivity index (χ0n) is 21.8. The van der Waals surface area contributed by atoms with Gasteiger partial charge in [-0.2, -0.15) is 0 Å². The molecule has 7 aromatic rings. The fraction of sp³-hybridized carbons (Fsp3) is 0.235. The minimum Gasteiger partial charge on any atom is -0.143 e. The van der Waals surface area contributed by atoms with Crippen LogP contribution < -0.4 is 0 Å². The predicted octanol–water partition coefficient (Wildman–Crippen LogP) is 12.6. The van der Waals surface area contributed by atoms with Crippen LogP contribution in [0.4, 0.5) is 0 Å². The minimum atomic E-state index is 1.19. The lowest BCUT2D eigenvalue weighted by Gasteiger charge is -2.06. The number of hydrogen-bond donors (Lipinski definition) is 0. The van der Waals surface area contributed by atoms with Crippen LogP contribution in [-0.2, 0) is 12.8 Å². The van der Waals surface area contributed by atoms with Gasteiger partial charge in [0.05, 0.1) is 0 Å². The van der Waals surface area contributed by atoms with E-state index in [-0.39, 0.29) is 0 Å². The second-order valence-electron chi connectivity index (χ2n) is 10.3. The summed E-state index contributed by atoms with van der Waals surface area (Å²) in [5, 5.41) is 12.9. The highest BCUT2D eigenvalue weighted by atomic mass is 32.1. The van der Waals surface area contributed by atoms with Crippen LogP contribution in [0.3, 0.4) is 0 Å². The number of hydrogen-bond acceptors (Lipinski definition) is 4. The molecule has 0 saturated carbocycles. The average Bonchev–Trinajstić information content (AvgIpc) is 3.74. The third-order valence-electron chi connectivity index (χ3n) is 7.62. The largest absolute Gasteiger partial charge is 0.143 e. The molecule has 0 radical (unpaired) electrons. The Labute approximate surface area is 240 Å². The molecule has 3 aromatic carbocycles. The van der Waals surface area contributed by atoms with Crippen molar-refractivity contribution < 1.29 is 0 Å². The van der Waals surface area contributed by atoms with Gasteiger partial charge in [0.1, 0.15) is 0 Å².